The van der Waals surface area contributed by atoms with Gasteiger partial charge in [-0.15, -0.1) is 0 Å². The molecular weight excluding hydrogens is 552 g/mol. The van der Waals surface area contributed by atoms with Crippen molar-refractivity contribution in [1.29, 1.82) is 0 Å². The van der Waals surface area contributed by atoms with Gasteiger partial charge >= 0.3 is 5.84 Å². The monoisotopic (exact) mass is 597 g/mol. The second kappa shape index (κ2) is 17.3. The van der Waals surface area contributed by atoms with Gasteiger partial charge in [-0.1, -0.05) is 0 Å². The molecule has 0 bridgehead atoms. The average Bonchev–Trinajstić information content (AvgIpc) is 3.26. The molecule has 3 heterocycles. The van der Waals surface area contributed by atoms with Crippen LogP contribution in [0.4, 0.5) is 0 Å². The highest BCUT2D eigenvalue weighted by Gasteiger charge is 2.34. The fourth-order valence-corrected chi connectivity index (χ4v) is 4.55. The summed E-state index contributed by atoms with van der Waals surface area (Å²) < 4.78 is 25.0. The highest BCUT2D eigenvalue weighted by atomic mass is 16.5. The zero-order valence-corrected chi connectivity index (χ0v) is 26.2. The molecule has 2 aromatic heterocycles. The number of hydrogen-bond acceptors (Lipinski definition) is 11. The fourth-order valence-electron chi connectivity index (χ4n) is 4.55. The topological polar surface area (TPSA) is 136 Å². The molecule has 1 unspecified atom stereocenters. The average molecular weight is 598 g/mol. The number of ether oxygens (including phenoxy) is 4. The molecule has 2 aromatic rings. The number of carbonyl (C=O) groups excluding carboxylic acids is 2. The lowest BCUT2D eigenvalue weighted by Crippen LogP contribution is -2.34. The molecular formula is C31H45N6O6+. The van der Waals surface area contributed by atoms with Crippen molar-refractivity contribution in [2.75, 3.05) is 47.6 Å². The van der Waals surface area contributed by atoms with E-state index in [1.54, 1.807) is 28.1 Å². The lowest BCUT2D eigenvalue weighted by molar-refractivity contribution is -0.519. The van der Waals surface area contributed by atoms with Gasteiger partial charge in [-0.3, -0.25) is 0 Å². The molecule has 2 N–H and O–H groups in total. The van der Waals surface area contributed by atoms with Crippen LogP contribution >= 0.6 is 0 Å². The van der Waals surface area contributed by atoms with Gasteiger partial charge in [0.1, 0.15) is 18.2 Å². The number of aromatic nitrogens is 2. The summed E-state index contributed by atoms with van der Waals surface area (Å²) in [6.07, 6.45) is 2.73. The number of ketones is 2. The van der Waals surface area contributed by atoms with Crippen molar-refractivity contribution in [3.63, 3.8) is 0 Å². The van der Waals surface area contributed by atoms with Crippen LogP contribution in [0, 0.1) is 0 Å². The molecule has 0 aliphatic carbocycles. The number of carbonyl (C=O) groups is 2. The van der Waals surface area contributed by atoms with Crippen molar-refractivity contribution >= 4 is 23.1 Å². The Morgan fingerprint density at radius 2 is 1.35 bits per heavy atom. The number of Topliss-reactive ketones (excluding diaryl/α,β-unsaturated/α-hetero) is 2. The first kappa shape index (κ1) is 33.6. The number of methoxy groups -OCH3 is 2. The summed E-state index contributed by atoms with van der Waals surface area (Å²) in [6.45, 7) is 8.42. The van der Waals surface area contributed by atoms with Crippen LogP contribution in [0.2, 0.25) is 0 Å². The van der Waals surface area contributed by atoms with Gasteiger partial charge in [-0.05, 0) is 56.9 Å². The molecule has 1 atom stereocenters. The van der Waals surface area contributed by atoms with Gasteiger partial charge in [-0.25, -0.2) is 4.58 Å². The quantitative estimate of drug-likeness (QED) is 0.173. The summed E-state index contributed by atoms with van der Waals surface area (Å²) >= 11 is 0. The first-order chi connectivity index (χ1) is 20.7. The Morgan fingerprint density at radius 3 is 1.84 bits per heavy atom. The second-order valence-electron chi connectivity index (χ2n) is 10.5. The molecule has 0 radical (unpaired) electrons. The first-order valence-electron chi connectivity index (χ1n) is 14.6. The third-order valence-corrected chi connectivity index (χ3v) is 7.01. The Bertz CT molecular complexity index is 1310. The Hall–Kier alpha value is -3.90. The highest BCUT2D eigenvalue weighted by molar-refractivity contribution is 6.01. The predicted octanol–water partition coefficient (Wildman–Crippen LogP) is 2.75. The van der Waals surface area contributed by atoms with Crippen LogP contribution in [-0.2, 0) is 22.7 Å². The van der Waals surface area contributed by atoms with Crippen LogP contribution in [0.25, 0.3) is 0 Å². The third kappa shape index (κ3) is 10.7. The zero-order chi connectivity index (χ0) is 31.2. The fraction of sp³-hybridized carbons (Fsp3) is 0.548. The predicted molar refractivity (Wildman–Crippen MR) is 164 cm³/mol. The summed E-state index contributed by atoms with van der Waals surface area (Å²) in [5, 5.41) is 6.63. The van der Waals surface area contributed by atoms with Crippen LogP contribution in [0.1, 0.15) is 57.6 Å². The molecule has 43 heavy (non-hydrogen) atoms. The van der Waals surface area contributed by atoms with E-state index in [4.69, 9.17) is 23.9 Å². The number of nitrogens with zero attached hydrogens (tertiary/aromatic N) is 4. The van der Waals surface area contributed by atoms with Gasteiger partial charge in [0.15, 0.2) is 18.4 Å². The number of aliphatic imine (C=N–C) groups is 1. The minimum Gasteiger partial charge on any atom is -0.481 e. The SMILES string of the molecule is COc1nc(OCC2=[N+](C)C(COc3ccc(CNCCCC(C)=O)c(OC)n3)C(C)=N2)ccc1CNCCCC(C)=O. The maximum Gasteiger partial charge on any atom is 0.332 e. The number of hydrogen-bond donors (Lipinski definition) is 2. The molecule has 234 valence electrons. The second-order valence-corrected chi connectivity index (χ2v) is 10.5. The summed E-state index contributed by atoms with van der Waals surface area (Å²) in [4.78, 5) is 35.9. The smallest absolute Gasteiger partial charge is 0.332 e. The van der Waals surface area contributed by atoms with Gasteiger partial charge in [0.05, 0.1) is 21.3 Å². The van der Waals surface area contributed by atoms with E-state index in [1.807, 2.05) is 42.8 Å². The van der Waals surface area contributed by atoms with Crippen molar-refractivity contribution in [3.8, 4) is 23.5 Å². The Kier molecular flexibility index (Phi) is 13.5. The largest absolute Gasteiger partial charge is 0.481 e. The Balaban J connectivity index is 1.52. The van der Waals surface area contributed by atoms with Crippen molar-refractivity contribution in [2.24, 2.45) is 4.99 Å². The number of likely N-dealkylation sites (N-methyl/N-ethyl adjacent to an activating group) is 1. The van der Waals surface area contributed by atoms with Crippen molar-refractivity contribution < 1.29 is 33.1 Å². The number of pyridine rings is 2. The van der Waals surface area contributed by atoms with E-state index in [9.17, 15) is 9.59 Å². The normalized spacial score (nSPS) is 14.5. The summed E-state index contributed by atoms with van der Waals surface area (Å²) in [5.41, 5.74) is 2.74. The molecule has 0 aromatic carbocycles. The van der Waals surface area contributed by atoms with Gasteiger partial charge in [-0.2, -0.15) is 9.97 Å². The molecule has 1 aliphatic heterocycles. The molecule has 0 spiro atoms. The molecule has 0 saturated carbocycles. The standard InChI is InChI=1S/C31H45N6O6/c1-21(38)9-7-15-32-17-24-11-13-28(35-30(24)40-5)42-19-26-23(3)34-27(37(26)4)20-43-29-14-12-25(31(36-29)41-6)18-33-16-8-10-22(2)39/h11-14,26,32-33H,7-10,15-20H2,1-6H3/q+1. The van der Waals surface area contributed by atoms with E-state index < -0.39 is 0 Å². The van der Waals surface area contributed by atoms with Crippen LogP contribution in [0.5, 0.6) is 23.5 Å². The van der Waals surface area contributed by atoms with E-state index in [0.717, 1.165) is 48.6 Å². The zero-order valence-electron chi connectivity index (χ0n) is 26.2. The molecule has 0 amide bonds. The van der Waals surface area contributed by atoms with Crippen LogP contribution in [0.3, 0.4) is 0 Å². The number of rotatable bonds is 20. The minimum absolute atomic E-state index is 0.0760. The van der Waals surface area contributed by atoms with Crippen LogP contribution in [0.15, 0.2) is 29.3 Å². The first-order valence-corrected chi connectivity index (χ1v) is 14.6. The lowest BCUT2D eigenvalue weighted by atomic mass is 10.2. The van der Waals surface area contributed by atoms with E-state index in [2.05, 4.69) is 20.6 Å². The number of amidine groups is 1. The van der Waals surface area contributed by atoms with Gasteiger partial charge in [0, 0.05) is 56.1 Å². The molecule has 0 saturated heterocycles. The van der Waals surface area contributed by atoms with E-state index in [-0.39, 0.29) is 24.2 Å². The molecule has 3 rings (SSSR count). The molecule has 12 heteroatoms. The Labute approximate surface area is 253 Å². The third-order valence-electron chi connectivity index (χ3n) is 7.01. The van der Waals surface area contributed by atoms with Crippen LogP contribution in [-0.4, -0.2) is 91.3 Å². The van der Waals surface area contributed by atoms with Gasteiger partial charge in [0.2, 0.25) is 23.5 Å². The molecule has 0 fully saturated rings. The van der Waals surface area contributed by atoms with E-state index in [0.29, 0.717) is 56.1 Å². The minimum atomic E-state index is -0.0760. The summed E-state index contributed by atoms with van der Waals surface area (Å²) in [6, 6.07) is 7.42. The maximum atomic E-state index is 11.1. The Morgan fingerprint density at radius 1 is 0.837 bits per heavy atom. The number of nitrogens with one attached hydrogen (secondary N) is 2. The highest BCUT2D eigenvalue weighted by Crippen LogP contribution is 2.22. The summed E-state index contributed by atoms with van der Waals surface area (Å²) in [5.74, 6) is 3.05. The maximum absolute atomic E-state index is 11.1. The van der Waals surface area contributed by atoms with Crippen LogP contribution < -0.4 is 29.6 Å². The van der Waals surface area contributed by atoms with Crippen molar-refractivity contribution in [2.45, 2.75) is 65.6 Å². The van der Waals surface area contributed by atoms with Crippen molar-refractivity contribution in [1.82, 2.24) is 20.6 Å². The molecule has 1 aliphatic rings. The van der Waals surface area contributed by atoms with E-state index in [1.165, 1.54) is 0 Å². The summed E-state index contributed by atoms with van der Waals surface area (Å²) in [7, 11) is 5.12. The van der Waals surface area contributed by atoms with Gasteiger partial charge in [0.25, 0.3) is 0 Å². The van der Waals surface area contributed by atoms with Gasteiger partial charge < -0.3 is 39.2 Å². The lowest BCUT2D eigenvalue weighted by Gasteiger charge is -2.14. The van der Waals surface area contributed by atoms with Crippen molar-refractivity contribution in [3.05, 3.63) is 35.4 Å². The van der Waals surface area contributed by atoms with E-state index >= 15 is 0 Å². The molecule has 12 nitrogen and oxygen atoms in total.